The molecule has 8 bridgehead atoms. The maximum atomic E-state index is 4.73. The zero-order chi connectivity index (χ0) is 30.7. The quantitative estimate of drug-likeness (QED) is 0.169. The lowest BCUT2D eigenvalue weighted by Crippen LogP contribution is -2.27. The molecular weight excluding hydrogens is 552 g/mol. The van der Waals surface area contributed by atoms with E-state index in [9.17, 15) is 0 Å². The third-order valence-corrected chi connectivity index (χ3v) is 7.71. The molecule has 0 atom stereocenters. The van der Waals surface area contributed by atoms with Gasteiger partial charge < -0.3 is 19.6 Å². The summed E-state index contributed by atoms with van der Waals surface area (Å²) in [5.74, 6) is 6.26. The zero-order valence-corrected chi connectivity index (χ0v) is 26.5. The molecule has 0 saturated carbocycles. The van der Waals surface area contributed by atoms with Crippen molar-refractivity contribution in [3.8, 4) is 0 Å². The SMILES string of the molecule is CCCCN1c2cc(ncn2)N(CCCC)c2cc(ncn2)N(CCCC)c2cc(ncn2)N(CCCC)c2cc1ncn2. The van der Waals surface area contributed by atoms with Crippen molar-refractivity contribution in [3.05, 3.63) is 49.6 Å². The van der Waals surface area contributed by atoms with Gasteiger partial charge in [-0.3, -0.25) is 0 Å². The van der Waals surface area contributed by atoms with Gasteiger partial charge in [0.1, 0.15) is 71.9 Å². The number of hydrogen-bond acceptors (Lipinski definition) is 12. The summed E-state index contributed by atoms with van der Waals surface area (Å²) >= 11 is 0. The number of fused-ring (bicyclic) bond motifs is 8. The second-order valence-electron chi connectivity index (χ2n) is 11.0. The summed E-state index contributed by atoms with van der Waals surface area (Å²) < 4.78 is 0. The maximum Gasteiger partial charge on any atom is 0.139 e. The van der Waals surface area contributed by atoms with Crippen LogP contribution in [0.3, 0.4) is 0 Å². The Morgan fingerprint density at radius 1 is 0.341 bits per heavy atom. The van der Waals surface area contributed by atoms with Crippen molar-refractivity contribution >= 4 is 46.5 Å². The lowest BCUT2D eigenvalue weighted by molar-refractivity contribution is 0.752. The second kappa shape index (κ2) is 15.3. The highest BCUT2D eigenvalue weighted by molar-refractivity contribution is 5.70. The van der Waals surface area contributed by atoms with Gasteiger partial charge in [-0.05, 0) is 25.7 Å². The van der Waals surface area contributed by atoms with Crippen molar-refractivity contribution in [2.75, 3.05) is 45.8 Å². The van der Waals surface area contributed by atoms with Crippen LogP contribution in [0.4, 0.5) is 46.5 Å². The van der Waals surface area contributed by atoms with Gasteiger partial charge in [0.05, 0.1) is 0 Å². The molecule has 232 valence electrons. The molecule has 0 saturated heterocycles. The van der Waals surface area contributed by atoms with Crippen molar-refractivity contribution in [3.63, 3.8) is 0 Å². The zero-order valence-electron chi connectivity index (χ0n) is 26.5. The van der Waals surface area contributed by atoms with Gasteiger partial charge >= 0.3 is 0 Å². The van der Waals surface area contributed by atoms with Crippen molar-refractivity contribution in [2.24, 2.45) is 0 Å². The lowest BCUT2D eigenvalue weighted by Gasteiger charge is -2.29. The van der Waals surface area contributed by atoms with E-state index < -0.39 is 0 Å². The van der Waals surface area contributed by atoms with Crippen LogP contribution in [0.1, 0.15) is 79.1 Å². The first kappa shape index (κ1) is 31.0. The first-order valence-corrected chi connectivity index (χ1v) is 16.0. The minimum absolute atomic E-state index is 0.759. The fraction of sp³-hybridized carbons (Fsp3) is 0.500. The standard InChI is InChI=1S/C32H44N12/c1-5-9-13-41-25-17-27(35-21-33-25)42(14-10-6-2)29-19-31(39-23-37-29)44(16-12-8-4)32-20-30(38-24-40-32)43(15-11-7-3)28-18-26(41)34-22-36-28/h17-24H,5-16H2,1-4H3. The Bertz CT molecular complexity index is 1180. The van der Waals surface area contributed by atoms with Crippen LogP contribution in [0.15, 0.2) is 49.6 Å². The summed E-state index contributed by atoms with van der Waals surface area (Å²) in [6.07, 6.45) is 14.6. The first-order chi connectivity index (χ1) is 21.7. The van der Waals surface area contributed by atoms with Crippen LogP contribution in [-0.4, -0.2) is 66.1 Å². The molecule has 0 unspecified atom stereocenters. The van der Waals surface area contributed by atoms with E-state index in [1.54, 1.807) is 25.3 Å². The number of nitrogens with zero attached hydrogens (tertiary/aromatic N) is 12. The fourth-order valence-corrected chi connectivity index (χ4v) is 5.18. The minimum Gasteiger partial charge on any atom is -0.311 e. The van der Waals surface area contributed by atoms with E-state index in [2.05, 4.69) is 47.3 Å². The van der Waals surface area contributed by atoms with Crippen LogP contribution in [-0.2, 0) is 0 Å². The minimum atomic E-state index is 0.759. The van der Waals surface area contributed by atoms with E-state index in [4.69, 9.17) is 39.9 Å². The molecule has 44 heavy (non-hydrogen) atoms. The van der Waals surface area contributed by atoms with Gasteiger partial charge in [0.2, 0.25) is 0 Å². The number of rotatable bonds is 12. The summed E-state index contributed by atoms with van der Waals surface area (Å²) in [5.41, 5.74) is 0. The molecule has 0 fully saturated rings. The van der Waals surface area contributed by atoms with E-state index in [1.807, 2.05) is 24.3 Å². The molecular formula is C32H44N12. The third-order valence-electron chi connectivity index (χ3n) is 7.71. The van der Waals surface area contributed by atoms with Gasteiger partial charge in [-0.25, -0.2) is 39.9 Å². The van der Waals surface area contributed by atoms with Crippen LogP contribution >= 0.6 is 0 Å². The highest BCUT2D eigenvalue weighted by Crippen LogP contribution is 2.34. The van der Waals surface area contributed by atoms with Crippen LogP contribution < -0.4 is 19.6 Å². The van der Waals surface area contributed by atoms with E-state index in [0.717, 1.165) is 124 Å². The van der Waals surface area contributed by atoms with Crippen LogP contribution in [0.25, 0.3) is 0 Å². The average molecular weight is 597 g/mol. The molecule has 12 nitrogen and oxygen atoms in total. The monoisotopic (exact) mass is 596 g/mol. The molecule has 1 aliphatic heterocycles. The topological polar surface area (TPSA) is 116 Å². The Labute approximate surface area is 260 Å². The lowest BCUT2D eigenvalue weighted by atomic mass is 10.2. The Hall–Kier alpha value is -4.48. The van der Waals surface area contributed by atoms with Gasteiger partial charge in [-0.15, -0.1) is 0 Å². The number of hydrogen-bond donors (Lipinski definition) is 0. The maximum absolute atomic E-state index is 4.73. The molecule has 0 radical (unpaired) electrons. The molecule has 0 aromatic carbocycles. The predicted molar refractivity (Wildman–Crippen MR) is 176 cm³/mol. The van der Waals surface area contributed by atoms with E-state index >= 15 is 0 Å². The van der Waals surface area contributed by atoms with Gasteiger partial charge in [0, 0.05) is 50.4 Å². The third kappa shape index (κ3) is 7.17. The highest BCUT2D eigenvalue weighted by atomic mass is 15.3. The Kier molecular flexibility index (Phi) is 10.8. The Balaban J connectivity index is 1.74. The average Bonchev–Trinajstić information content (AvgIpc) is 3.06. The molecule has 4 aromatic heterocycles. The Morgan fingerprint density at radius 2 is 0.523 bits per heavy atom. The number of unbranched alkanes of at least 4 members (excludes halogenated alkanes) is 4. The molecule has 12 heteroatoms. The summed E-state index contributed by atoms with van der Waals surface area (Å²) in [7, 11) is 0. The van der Waals surface area contributed by atoms with Gasteiger partial charge in [0.15, 0.2) is 0 Å². The molecule has 0 spiro atoms. The molecule has 5 heterocycles. The number of anilines is 8. The summed E-state index contributed by atoms with van der Waals surface area (Å²) in [5, 5.41) is 0. The summed E-state index contributed by atoms with van der Waals surface area (Å²) in [6.45, 7) is 11.8. The van der Waals surface area contributed by atoms with E-state index in [1.165, 1.54) is 0 Å². The molecule has 5 rings (SSSR count). The van der Waals surface area contributed by atoms with Crippen LogP contribution in [0.2, 0.25) is 0 Å². The summed E-state index contributed by atoms with van der Waals surface area (Å²) in [6, 6.07) is 8.15. The molecule has 4 aromatic rings. The normalized spacial score (nSPS) is 13.0. The first-order valence-electron chi connectivity index (χ1n) is 16.0. The second-order valence-corrected chi connectivity index (χ2v) is 11.0. The highest BCUT2D eigenvalue weighted by Gasteiger charge is 2.23. The molecule has 1 aliphatic rings. The van der Waals surface area contributed by atoms with Crippen LogP contribution in [0.5, 0.6) is 0 Å². The van der Waals surface area contributed by atoms with E-state index in [-0.39, 0.29) is 0 Å². The van der Waals surface area contributed by atoms with Crippen LogP contribution in [0, 0.1) is 0 Å². The molecule has 0 amide bonds. The van der Waals surface area contributed by atoms with Crippen molar-refractivity contribution in [1.82, 2.24) is 39.9 Å². The van der Waals surface area contributed by atoms with Gasteiger partial charge in [-0.1, -0.05) is 53.4 Å². The smallest absolute Gasteiger partial charge is 0.139 e. The van der Waals surface area contributed by atoms with Crippen molar-refractivity contribution in [2.45, 2.75) is 79.1 Å². The van der Waals surface area contributed by atoms with Gasteiger partial charge in [-0.2, -0.15) is 0 Å². The molecule has 0 aliphatic carbocycles. The molecule has 0 N–H and O–H groups in total. The van der Waals surface area contributed by atoms with Crippen molar-refractivity contribution < 1.29 is 0 Å². The fourth-order valence-electron chi connectivity index (χ4n) is 5.18. The van der Waals surface area contributed by atoms with Gasteiger partial charge in [0.25, 0.3) is 0 Å². The van der Waals surface area contributed by atoms with Crippen molar-refractivity contribution in [1.29, 1.82) is 0 Å². The Morgan fingerprint density at radius 3 is 0.682 bits per heavy atom. The predicted octanol–water partition coefficient (Wildman–Crippen LogP) is 6.91. The largest absolute Gasteiger partial charge is 0.311 e. The van der Waals surface area contributed by atoms with E-state index in [0.29, 0.717) is 0 Å². The summed E-state index contributed by atoms with van der Waals surface area (Å²) in [4.78, 5) is 46.5. The number of aromatic nitrogens is 8.